The molecule has 2 rings (SSSR count). The predicted molar refractivity (Wildman–Crippen MR) is 83.1 cm³/mol. The van der Waals surface area contributed by atoms with Crippen molar-refractivity contribution < 1.29 is 9.72 Å². The Morgan fingerprint density at radius 1 is 1.29 bits per heavy atom. The number of rotatable bonds is 4. The highest BCUT2D eigenvalue weighted by molar-refractivity contribution is 9.10. The van der Waals surface area contributed by atoms with Gasteiger partial charge in [0.1, 0.15) is 0 Å². The van der Waals surface area contributed by atoms with Crippen LogP contribution >= 0.6 is 15.9 Å². The maximum absolute atomic E-state index is 12.1. The van der Waals surface area contributed by atoms with Crippen molar-refractivity contribution in [3.8, 4) is 0 Å². The lowest BCUT2D eigenvalue weighted by atomic mass is 10.1. The van der Waals surface area contributed by atoms with Crippen molar-refractivity contribution in [2.24, 2.45) is 0 Å². The van der Waals surface area contributed by atoms with Crippen LogP contribution in [0.25, 0.3) is 0 Å². The average Bonchev–Trinajstić information content (AvgIpc) is 2.45. The van der Waals surface area contributed by atoms with E-state index in [4.69, 9.17) is 0 Å². The van der Waals surface area contributed by atoms with E-state index in [1.54, 1.807) is 13.0 Å². The molecule has 0 aliphatic carbocycles. The first kappa shape index (κ1) is 15.2. The molecule has 0 radical (unpaired) electrons. The number of benzene rings is 2. The summed E-state index contributed by atoms with van der Waals surface area (Å²) in [6.07, 6.45) is 0. The molecule has 0 aliphatic heterocycles. The minimum absolute atomic E-state index is 0.0824. The van der Waals surface area contributed by atoms with E-state index in [9.17, 15) is 14.9 Å². The van der Waals surface area contributed by atoms with Crippen LogP contribution < -0.4 is 5.32 Å². The van der Waals surface area contributed by atoms with Gasteiger partial charge in [-0.3, -0.25) is 14.9 Å². The van der Waals surface area contributed by atoms with Gasteiger partial charge in [-0.25, -0.2) is 0 Å². The zero-order chi connectivity index (χ0) is 15.4. The standard InChI is InChI=1S/C15H13BrN2O3/c1-10-6-12(8-13(7-10)18(20)21)15(19)17-9-11-4-2-3-5-14(11)16/h2-8H,9H2,1H3,(H,17,19). The van der Waals surface area contributed by atoms with E-state index >= 15 is 0 Å². The number of hydrogen-bond acceptors (Lipinski definition) is 3. The number of amides is 1. The summed E-state index contributed by atoms with van der Waals surface area (Å²) in [4.78, 5) is 22.4. The van der Waals surface area contributed by atoms with E-state index in [0.717, 1.165) is 10.0 Å². The number of nitrogens with zero attached hydrogens (tertiary/aromatic N) is 1. The lowest BCUT2D eigenvalue weighted by molar-refractivity contribution is -0.384. The van der Waals surface area contributed by atoms with Gasteiger partial charge in [-0.05, 0) is 30.2 Å². The summed E-state index contributed by atoms with van der Waals surface area (Å²) in [6.45, 7) is 2.07. The number of carbonyl (C=O) groups is 1. The van der Waals surface area contributed by atoms with Gasteiger partial charge in [0.05, 0.1) is 4.92 Å². The highest BCUT2D eigenvalue weighted by Gasteiger charge is 2.13. The number of aryl methyl sites for hydroxylation is 1. The van der Waals surface area contributed by atoms with Crippen molar-refractivity contribution in [3.05, 3.63) is 73.7 Å². The summed E-state index contributed by atoms with van der Waals surface area (Å²) in [7, 11) is 0. The summed E-state index contributed by atoms with van der Waals surface area (Å²) in [5.41, 5.74) is 1.82. The molecule has 5 nitrogen and oxygen atoms in total. The third-order valence-electron chi connectivity index (χ3n) is 2.93. The second-order valence-electron chi connectivity index (χ2n) is 4.59. The molecule has 6 heteroatoms. The second-order valence-corrected chi connectivity index (χ2v) is 5.44. The Kier molecular flexibility index (Phi) is 4.70. The summed E-state index contributed by atoms with van der Waals surface area (Å²) >= 11 is 3.40. The molecule has 108 valence electrons. The minimum atomic E-state index is -0.502. The highest BCUT2D eigenvalue weighted by atomic mass is 79.9. The number of nitro benzene ring substituents is 1. The third kappa shape index (κ3) is 3.88. The van der Waals surface area contributed by atoms with Crippen LogP contribution in [-0.4, -0.2) is 10.8 Å². The van der Waals surface area contributed by atoms with Gasteiger partial charge in [0.25, 0.3) is 11.6 Å². The molecule has 0 aromatic heterocycles. The van der Waals surface area contributed by atoms with Crippen molar-refractivity contribution in [1.29, 1.82) is 0 Å². The molecular weight excluding hydrogens is 336 g/mol. The fraction of sp³-hybridized carbons (Fsp3) is 0.133. The molecule has 0 saturated carbocycles. The zero-order valence-electron chi connectivity index (χ0n) is 11.3. The smallest absolute Gasteiger partial charge is 0.270 e. The van der Waals surface area contributed by atoms with Gasteiger partial charge in [0, 0.05) is 28.7 Å². The maximum atomic E-state index is 12.1. The van der Waals surface area contributed by atoms with Gasteiger partial charge in [0.15, 0.2) is 0 Å². The molecule has 1 amide bonds. The summed E-state index contributed by atoms with van der Waals surface area (Å²) < 4.78 is 0.903. The lowest BCUT2D eigenvalue weighted by Gasteiger charge is -2.07. The molecule has 0 saturated heterocycles. The van der Waals surface area contributed by atoms with Crippen LogP contribution in [0, 0.1) is 17.0 Å². The number of nitro groups is 1. The highest BCUT2D eigenvalue weighted by Crippen LogP contribution is 2.18. The Labute approximate surface area is 130 Å². The topological polar surface area (TPSA) is 72.2 Å². The summed E-state index contributed by atoms with van der Waals surface area (Å²) in [6, 6.07) is 11.9. The largest absolute Gasteiger partial charge is 0.348 e. The fourth-order valence-electron chi connectivity index (χ4n) is 1.92. The van der Waals surface area contributed by atoms with E-state index in [1.165, 1.54) is 12.1 Å². The number of hydrogen-bond donors (Lipinski definition) is 1. The monoisotopic (exact) mass is 348 g/mol. The van der Waals surface area contributed by atoms with E-state index in [0.29, 0.717) is 12.1 Å². The van der Waals surface area contributed by atoms with Crippen LogP contribution in [0.4, 0.5) is 5.69 Å². The fourth-order valence-corrected chi connectivity index (χ4v) is 2.34. The number of non-ortho nitro benzene ring substituents is 1. The molecule has 0 atom stereocenters. The van der Waals surface area contributed by atoms with E-state index in [-0.39, 0.29) is 17.2 Å². The Morgan fingerprint density at radius 2 is 2.00 bits per heavy atom. The van der Waals surface area contributed by atoms with E-state index < -0.39 is 4.92 Å². The van der Waals surface area contributed by atoms with Gasteiger partial charge < -0.3 is 5.32 Å². The molecule has 2 aromatic rings. The van der Waals surface area contributed by atoms with Crippen molar-refractivity contribution in [2.75, 3.05) is 0 Å². The van der Waals surface area contributed by atoms with Gasteiger partial charge in [-0.2, -0.15) is 0 Å². The van der Waals surface area contributed by atoms with Crippen molar-refractivity contribution in [2.45, 2.75) is 13.5 Å². The van der Waals surface area contributed by atoms with Crippen LogP contribution in [0.3, 0.4) is 0 Å². The van der Waals surface area contributed by atoms with Crippen LogP contribution in [0.5, 0.6) is 0 Å². The average molecular weight is 349 g/mol. The van der Waals surface area contributed by atoms with Crippen LogP contribution in [0.1, 0.15) is 21.5 Å². The lowest BCUT2D eigenvalue weighted by Crippen LogP contribution is -2.23. The molecule has 0 unspecified atom stereocenters. The van der Waals surface area contributed by atoms with Gasteiger partial charge in [-0.15, -0.1) is 0 Å². The summed E-state index contributed by atoms with van der Waals surface area (Å²) in [5.74, 6) is -0.336. The van der Waals surface area contributed by atoms with E-state index in [2.05, 4.69) is 21.2 Å². The molecule has 0 bridgehead atoms. The molecule has 0 spiro atoms. The molecule has 2 aromatic carbocycles. The number of halogens is 1. The van der Waals surface area contributed by atoms with Gasteiger partial charge in [0.2, 0.25) is 0 Å². The van der Waals surface area contributed by atoms with Gasteiger partial charge >= 0.3 is 0 Å². The normalized spacial score (nSPS) is 10.2. The third-order valence-corrected chi connectivity index (χ3v) is 3.71. The minimum Gasteiger partial charge on any atom is -0.348 e. The van der Waals surface area contributed by atoms with Crippen molar-refractivity contribution >= 4 is 27.5 Å². The van der Waals surface area contributed by atoms with E-state index in [1.807, 2.05) is 24.3 Å². The maximum Gasteiger partial charge on any atom is 0.270 e. The Hall–Kier alpha value is -2.21. The summed E-state index contributed by atoms with van der Waals surface area (Å²) in [5, 5.41) is 13.6. The SMILES string of the molecule is Cc1cc(C(=O)NCc2ccccc2Br)cc([N+](=O)[O-])c1. The quantitative estimate of drug-likeness (QED) is 0.677. The van der Waals surface area contributed by atoms with Crippen molar-refractivity contribution in [3.63, 3.8) is 0 Å². The number of carbonyl (C=O) groups excluding carboxylic acids is 1. The molecule has 21 heavy (non-hydrogen) atoms. The first-order chi connectivity index (χ1) is 9.97. The molecule has 0 aliphatic rings. The molecular formula is C15H13BrN2O3. The van der Waals surface area contributed by atoms with Crippen LogP contribution in [0.2, 0.25) is 0 Å². The Balaban J connectivity index is 2.14. The van der Waals surface area contributed by atoms with Gasteiger partial charge in [-0.1, -0.05) is 34.1 Å². The Bertz CT molecular complexity index is 701. The predicted octanol–water partition coefficient (Wildman–Crippen LogP) is 3.60. The first-order valence-electron chi connectivity index (χ1n) is 6.25. The van der Waals surface area contributed by atoms with Crippen LogP contribution in [0.15, 0.2) is 46.9 Å². The first-order valence-corrected chi connectivity index (χ1v) is 7.04. The van der Waals surface area contributed by atoms with Crippen LogP contribution in [-0.2, 0) is 6.54 Å². The Morgan fingerprint density at radius 3 is 2.67 bits per heavy atom. The molecule has 1 N–H and O–H groups in total. The zero-order valence-corrected chi connectivity index (χ0v) is 12.9. The second kappa shape index (κ2) is 6.49. The number of nitrogens with one attached hydrogen (secondary N) is 1. The molecule has 0 heterocycles. The van der Waals surface area contributed by atoms with Crippen molar-refractivity contribution in [1.82, 2.24) is 5.32 Å². The molecule has 0 fully saturated rings.